The number of rotatable bonds is 3. The highest BCUT2D eigenvalue weighted by molar-refractivity contribution is 9.10. The van der Waals surface area contributed by atoms with E-state index >= 15 is 0 Å². The Morgan fingerprint density at radius 1 is 1.62 bits per heavy atom. The van der Waals surface area contributed by atoms with E-state index in [1.165, 1.54) is 0 Å². The van der Waals surface area contributed by atoms with Gasteiger partial charge in [-0.15, -0.1) is 0 Å². The van der Waals surface area contributed by atoms with Crippen molar-refractivity contribution < 1.29 is 9.84 Å². The summed E-state index contributed by atoms with van der Waals surface area (Å²) in [4.78, 5) is 0. The van der Waals surface area contributed by atoms with Gasteiger partial charge >= 0.3 is 0 Å². The second kappa shape index (κ2) is 4.60. The van der Waals surface area contributed by atoms with Crippen molar-refractivity contribution in [2.24, 2.45) is 5.73 Å². The molecule has 0 aromatic heterocycles. The van der Waals surface area contributed by atoms with Crippen molar-refractivity contribution >= 4 is 15.9 Å². The van der Waals surface area contributed by atoms with E-state index in [-0.39, 0.29) is 6.61 Å². The van der Waals surface area contributed by atoms with Crippen molar-refractivity contribution in [1.82, 2.24) is 0 Å². The fourth-order valence-corrected chi connectivity index (χ4v) is 1.67. The number of methoxy groups -OCH3 is 1. The minimum atomic E-state index is -0.396. The maximum atomic E-state index is 8.90. The summed E-state index contributed by atoms with van der Waals surface area (Å²) in [6.45, 7) is -0.0905. The first kappa shape index (κ1) is 10.5. The molecule has 0 aliphatic rings. The third-order valence-corrected chi connectivity index (χ3v) is 2.42. The van der Waals surface area contributed by atoms with Crippen molar-refractivity contribution in [1.29, 1.82) is 0 Å². The summed E-state index contributed by atoms with van der Waals surface area (Å²) in [6, 6.07) is 5.17. The number of aliphatic hydroxyl groups excluding tert-OH is 1. The largest absolute Gasteiger partial charge is 0.495 e. The Bertz CT molecular complexity index is 291. The first-order valence-electron chi connectivity index (χ1n) is 3.89. The lowest BCUT2D eigenvalue weighted by atomic mass is 10.1. The maximum absolute atomic E-state index is 8.90. The van der Waals surface area contributed by atoms with E-state index in [2.05, 4.69) is 15.9 Å². The summed E-state index contributed by atoms with van der Waals surface area (Å²) < 4.78 is 6.00. The molecule has 1 aromatic rings. The highest BCUT2D eigenvalue weighted by atomic mass is 79.9. The van der Waals surface area contributed by atoms with Gasteiger partial charge in [0.2, 0.25) is 0 Å². The van der Waals surface area contributed by atoms with Crippen molar-refractivity contribution in [3.63, 3.8) is 0 Å². The molecule has 0 aliphatic carbocycles. The van der Waals surface area contributed by atoms with E-state index in [1.807, 2.05) is 18.2 Å². The number of aliphatic hydroxyl groups is 1. The third kappa shape index (κ3) is 2.21. The lowest BCUT2D eigenvalue weighted by Crippen LogP contribution is -2.15. The maximum Gasteiger partial charge on any atom is 0.137 e. The normalized spacial score (nSPS) is 12.6. The summed E-state index contributed by atoms with van der Waals surface area (Å²) in [7, 11) is 1.58. The highest BCUT2D eigenvalue weighted by Gasteiger charge is 2.12. The first-order chi connectivity index (χ1) is 6.20. The number of halogens is 1. The van der Waals surface area contributed by atoms with Crippen molar-refractivity contribution in [2.75, 3.05) is 13.7 Å². The number of hydrogen-bond acceptors (Lipinski definition) is 3. The Balaban J connectivity index is 3.12. The predicted molar refractivity (Wildman–Crippen MR) is 54.7 cm³/mol. The topological polar surface area (TPSA) is 55.5 Å². The van der Waals surface area contributed by atoms with Gasteiger partial charge in [-0.2, -0.15) is 0 Å². The zero-order chi connectivity index (χ0) is 9.84. The Labute approximate surface area is 85.6 Å². The summed E-state index contributed by atoms with van der Waals surface area (Å²) in [5.74, 6) is 0.684. The predicted octanol–water partition coefficient (Wildman–Crippen LogP) is 1.45. The average Bonchev–Trinajstić information content (AvgIpc) is 2.16. The summed E-state index contributed by atoms with van der Waals surface area (Å²) >= 11 is 3.34. The molecule has 0 bridgehead atoms. The molecule has 0 saturated carbocycles. The lowest BCUT2D eigenvalue weighted by Gasteiger charge is -2.14. The van der Waals surface area contributed by atoms with Crippen LogP contribution in [0.3, 0.4) is 0 Å². The van der Waals surface area contributed by atoms with Crippen LogP contribution in [-0.2, 0) is 0 Å². The van der Waals surface area contributed by atoms with Gasteiger partial charge in [-0.1, -0.05) is 12.1 Å². The first-order valence-corrected chi connectivity index (χ1v) is 4.68. The second-order valence-electron chi connectivity index (χ2n) is 2.65. The zero-order valence-corrected chi connectivity index (χ0v) is 8.91. The van der Waals surface area contributed by atoms with Crippen LogP contribution in [0.5, 0.6) is 5.75 Å². The fourth-order valence-electron chi connectivity index (χ4n) is 1.13. The molecule has 0 heterocycles. The molecule has 1 aromatic carbocycles. The number of hydrogen-bond donors (Lipinski definition) is 2. The molecular formula is C9H12BrNO2. The van der Waals surface area contributed by atoms with E-state index in [4.69, 9.17) is 15.6 Å². The zero-order valence-electron chi connectivity index (χ0n) is 7.33. The smallest absolute Gasteiger partial charge is 0.137 e. The molecule has 0 amide bonds. The SMILES string of the molecule is COc1c(Br)cccc1[C@@H](N)CO. The van der Waals surface area contributed by atoms with Gasteiger partial charge in [0.05, 0.1) is 24.2 Å². The van der Waals surface area contributed by atoms with Crippen LogP contribution in [-0.4, -0.2) is 18.8 Å². The Hall–Kier alpha value is -0.580. The summed E-state index contributed by atoms with van der Waals surface area (Å²) in [5, 5.41) is 8.90. The second-order valence-corrected chi connectivity index (χ2v) is 3.51. The molecule has 0 fully saturated rings. The lowest BCUT2D eigenvalue weighted by molar-refractivity contribution is 0.264. The van der Waals surface area contributed by atoms with Gasteiger partial charge in [-0.3, -0.25) is 0 Å². The van der Waals surface area contributed by atoms with E-state index < -0.39 is 6.04 Å². The summed E-state index contributed by atoms with van der Waals surface area (Å²) in [5.41, 5.74) is 6.49. The molecule has 72 valence electrons. The van der Waals surface area contributed by atoms with Crippen LogP contribution < -0.4 is 10.5 Å². The van der Waals surface area contributed by atoms with Crippen LogP contribution >= 0.6 is 15.9 Å². The number of nitrogens with two attached hydrogens (primary N) is 1. The van der Waals surface area contributed by atoms with Crippen molar-refractivity contribution in [3.8, 4) is 5.75 Å². The molecule has 3 N–H and O–H groups in total. The molecule has 0 aliphatic heterocycles. The Morgan fingerprint density at radius 3 is 2.85 bits per heavy atom. The van der Waals surface area contributed by atoms with E-state index in [9.17, 15) is 0 Å². The molecule has 0 radical (unpaired) electrons. The molecule has 13 heavy (non-hydrogen) atoms. The van der Waals surface area contributed by atoms with Gasteiger partial charge in [0.25, 0.3) is 0 Å². The molecule has 4 heteroatoms. The number of benzene rings is 1. The average molecular weight is 246 g/mol. The van der Waals surface area contributed by atoms with Crippen LogP contribution in [0.4, 0.5) is 0 Å². The summed E-state index contributed by atoms with van der Waals surface area (Å²) in [6.07, 6.45) is 0. The van der Waals surface area contributed by atoms with Crippen LogP contribution in [0, 0.1) is 0 Å². The fraction of sp³-hybridized carbons (Fsp3) is 0.333. The van der Waals surface area contributed by atoms with E-state index in [1.54, 1.807) is 7.11 Å². The third-order valence-electron chi connectivity index (χ3n) is 1.80. The van der Waals surface area contributed by atoms with E-state index in [0.717, 1.165) is 10.0 Å². The minimum Gasteiger partial charge on any atom is -0.495 e. The van der Waals surface area contributed by atoms with Crippen molar-refractivity contribution in [2.45, 2.75) is 6.04 Å². The van der Waals surface area contributed by atoms with Gasteiger partial charge < -0.3 is 15.6 Å². The van der Waals surface area contributed by atoms with Crippen LogP contribution in [0.1, 0.15) is 11.6 Å². The molecule has 1 atom stereocenters. The number of para-hydroxylation sites is 1. The van der Waals surface area contributed by atoms with Gasteiger partial charge in [0.1, 0.15) is 5.75 Å². The molecule has 0 saturated heterocycles. The Kier molecular flexibility index (Phi) is 3.71. The quantitative estimate of drug-likeness (QED) is 0.848. The molecular weight excluding hydrogens is 234 g/mol. The monoisotopic (exact) mass is 245 g/mol. The molecule has 1 rings (SSSR count). The molecule has 3 nitrogen and oxygen atoms in total. The number of ether oxygens (including phenoxy) is 1. The van der Waals surface area contributed by atoms with Crippen molar-refractivity contribution in [3.05, 3.63) is 28.2 Å². The van der Waals surface area contributed by atoms with Crippen LogP contribution in [0.25, 0.3) is 0 Å². The van der Waals surface area contributed by atoms with Crippen LogP contribution in [0.2, 0.25) is 0 Å². The minimum absolute atomic E-state index is 0.0905. The van der Waals surface area contributed by atoms with Crippen LogP contribution in [0.15, 0.2) is 22.7 Å². The van der Waals surface area contributed by atoms with Gasteiger partial charge in [-0.05, 0) is 22.0 Å². The highest BCUT2D eigenvalue weighted by Crippen LogP contribution is 2.31. The van der Waals surface area contributed by atoms with Gasteiger partial charge in [0, 0.05) is 5.56 Å². The van der Waals surface area contributed by atoms with E-state index in [0.29, 0.717) is 5.75 Å². The van der Waals surface area contributed by atoms with Gasteiger partial charge in [-0.25, -0.2) is 0 Å². The van der Waals surface area contributed by atoms with Gasteiger partial charge in [0.15, 0.2) is 0 Å². The Morgan fingerprint density at radius 2 is 2.31 bits per heavy atom. The standard InChI is InChI=1S/C9H12BrNO2/c1-13-9-6(8(11)5-12)3-2-4-7(9)10/h2-4,8,12H,5,11H2,1H3/t8-/m0/s1. The molecule has 0 unspecified atom stereocenters. The molecule has 0 spiro atoms.